The van der Waals surface area contributed by atoms with Crippen LogP contribution in [0.1, 0.15) is 11.6 Å². The number of nitrogens with zero attached hydrogens (tertiary/aromatic N) is 4. The third-order valence-electron chi connectivity index (χ3n) is 3.53. The van der Waals surface area contributed by atoms with Crippen LogP contribution in [0.25, 0.3) is 20.4 Å². The number of anilines is 1. The van der Waals surface area contributed by atoms with Crippen LogP contribution in [-0.4, -0.2) is 27.0 Å². The van der Waals surface area contributed by atoms with Crippen LogP contribution in [0.3, 0.4) is 0 Å². The maximum atomic E-state index is 12.1. The van der Waals surface area contributed by atoms with Crippen LogP contribution in [0.2, 0.25) is 0 Å². The number of aromatic nitrogens is 4. The van der Waals surface area contributed by atoms with Crippen LogP contribution < -0.4 is 10.5 Å². The highest BCUT2D eigenvalue weighted by Crippen LogP contribution is 2.27. The first-order valence-electron chi connectivity index (χ1n) is 7.01. The van der Waals surface area contributed by atoms with Gasteiger partial charge in [0.05, 0.1) is 17.4 Å². The first-order chi connectivity index (χ1) is 11.1. The molecule has 0 fully saturated rings. The minimum absolute atomic E-state index is 0.0899. The second kappa shape index (κ2) is 5.39. The highest BCUT2D eigenvalue weighted by molar-refractivity contribution is 7.17. The summed E-state index contributed by atoms with van der Waals surface area (Å²) in [5.74, 6) is 2.21. The van der Waals surface area contributed by atoms with E-state index >= 15 is 0 Å². The van der Waals surface area contributed by atoms with E-state index in [2.05, 4.69) is 19.9 Å². The predicted molar refractivity (Wildman–Crippen MR) is 94.5 cm³/mol. The van der Waals surface area contributed by atoms with Crippen molar-refractivity contribution in [1.29, 1.82) is 0 Å². The molecular weight excluding hydrogens is 330 g/mol. The van der Waals surface area contributed by atoms with E-state index in [9.17, 15) is 4.79 Å². The Kier molecular flexibility index (Phi) is 3.35. The number of hydrogen-bond acceptors (Lipinski definition) is 7. The van der Waals surface area contributed by atoms with Gasteiger partial charge in [0, 0.05) is 7.05 Å². The molecule has 0 saturated carbocycles. The summed E-state index contributed by atoms with van der Waals surface area (Å²) >= 11 is 3.00. The number of nitrogens with one attached hydrogen (secondary N) is 1. The van der Waals surface area contributed by atoms with Gasteiger partial charge in [-0.3, -0.25) is 4.79 Å². The SMILES string of the molecule is Cc1nc(N(C)Cc2nc3ccsc3c(=O)[nH]2)c2ccsc2n1. The number of aromatic amines is 1. The molecule has 0 radical (unpaired) electrons. The first kappa shape index (κ1) is 14.3. The Bertz CT molecular complexity index is 1060. The molecule has 6 nitrogen and oxygen atoms in total. The maximum Gasteiger partial charge on any atom is 0.268 e. The number of thiophene rings is 2. The molecule has 0 aliphatic heterocycles. The van der Waals surface area contributed by atoms with E-state index in [1.807, 2.05) is 41.8 Å². The van der Waals surface area contributed by atoms with Gasteiger partial charge in [0.25, 0.3) is 5.56 Å². The lowest BCUT2D eigenvalue weighted by atomic mass is 10.3. The summed E-state index contributed by atoms with van der Waals surface area (Å²) in [6.45, 7) is 2.36. The molecule has 0 amide bonds. The fourth-order valence-corrected chi connectivity index (χ4v) is 4.06. The van der Waals surface area contributed by atoms with E-state index in [4.69, 9.17) is 0 Å². The number of hydrogen-bond donors (Lipinski definition) is 1. The number of fused-ring (bicyclic) bond motifs is 2. The topological polar surface area (TPSA) is 74.8 Å². The van der Waals surface area contributed by atoms with Crippen molar-refractivity contribution in [1.82, 2.24) is 19.9 Å². The average molecular weight is 343 g/mol. The molecule has 8 heteroatoms. The monoisotopic (exact) mass is 343 g/mol. The quantitative estimate of drug-likeness (QED) is 0.619. The number of aryl methyl sites for hydroxylation is 1. The Hall–Kier alpha value is -2.32. The van der Waals surface area contributed by atoms with E-state index in [-0.39, 0.29) is 5.56 Å². The van der Waals surface area contributed by atoms with Gasteiger partial charge in [0.1, 0.15) is 27.0 Å². The Morgan fingerprint density at radius 2 is 2.00 bits per heavy atom. The van der Waals surface area contributed by atoms with Crippen molar-refractivity contribution in [2.24, 2.45) is 0 Å². The van der Waals surface area contributed by atoms with Crippen molar-refractivity contribution in [3.05, 3.63) is 44.9 Å². The molecule has 0 unspecified atom stereocenters. The summed E-state index contributed by atoms with van der Waals surface area (Å²) < 4.78 is 0.662. The third kappa shape index (κ3) is 2.49. The summed E-state index contributed by atoms with van der Waals surface area (Å²) in [6, 6.07) is 3.88. The van der Waals surface area contributed by atoms with Crippen LogP contribution in [0.5, 0.6) is 0 Å². The Balaban J connectivity index is 1.74. The molecular formula is C15H13N5OS2. The minimum Gasteiger partial charge on any atom is -0.352 e. The van der Waals surface area contributed by atoms with E-state index < -0.39 is 0 Å². The second-order valence-electron chi connectivity index (χ2n) is 5.24. The molecule has 1 N–H and O–H groups in total. The molecule has 0 aliphatic rings. The lowest BCUT2D eigenvalue weighted by molar-refractivity contribution is 0.826. The van der Waals surface area contributed by atoms with Crippen molar-refractivity contribution in [2.75, 3.05) is 11.9 Å². The predicted octanol–water partition coefficient (Wildman–Crippen LogP) is 2.93. The van der Waals surface area contributed by atoms with Crippen LogP contribution in [-0.2, 0) is 6.54 Å². The lowest BCUT2D eigenvalue weighted by Gasteiger charge is -2.18. The molecule has 23 heavy (non-hydrogen) atoms. The molecule has 0 aromatic carbocycles. The summed E-state index contributed by atoms with van der Waals surface area (Å²) in [5, 5.41) is 4.90. The standard InChI is InChI=1S/C15H13N5OS2/c1-8-16-13(9-3-5-23-15(9)17-8)20(2)7-11-18-10-4-6-22-12(10)14(21)19-11/h3-6H,7H2,1-2H3,(H,18,19,21). The van der Waals surface area contributed by atoms with Crippen molar-refractivity contribution in [3.63, 3.8) is 0 Å². The summed E-state index contributed by atoms with van der Waals surface area (Å²) in [6.07, 6.45) is 0. The highest BCUT2D eigenvalue weighted by atomic mass is 32.1. The van der Waals surface area contributed by atoms with Gasteiger partial charge >= 0.3 is 0 Å². The highest BCUT2D eigenvalue weighted by Gasteiger charge is 2.13. The van der Waals surface area contributed by atoms with Crippen molar-refractivity contribution in [3.8, 4) is 0 Å². The van der Waals surface area contributed by atoms with E-state index in [1.54, 1.807) is 11.3 Å². The van der Waals surface area contributed by atoms with E-state index in [1.165, 1.54) is 11.3 Å². The molecule has 0 bridgehead atoms. The molecule has 4 rings (SSSR count). The zero-order chi connectivity index (χ0) is 16.0. The van der Waals surface area contributed by atoms with Gasteiger partial charge in [-0.1, -0.05) is 0 Å². The second-order valence-corrected chi connectivity index (χ2v) is 7.05. The van der Waals surface area contributed by atoms with Gasteiger partial charge in [0.2, 0.25) is 0 Å². The average Bonchev–Trinajstić information content (AvgIpc) is 3.14. The van der Waals surface area contributed by atoms with Crippen LogP contribution in [0, 0.1) is 6.92 Å². The van der Waals surface area contributed by atoms with Crippen LogP contribution in [0.4, 0.5) is 5.82 Å². The molecule has 0 aliphatic carbocycles. The molecule has 4 heterocycles. The fraction of sp³-hybridized carbons (Fsp3) is 0.200. The normalized spacial score (nSPS) is 11.4. The Labute approximate surface area is 139 Å². The number of H-pyrrole nitrogens is 1. The zero-order valence-electron chi connectivity index (χ0n) is 12.5. The summed E-state index contributed by atoms with van der Waals surface area (Å²) in [7, 11) is 1.94. The zero-order valence-corrected chi connectivity index (χ0v) is 14.2. The Morgan fingerprint density at radius 3 is 2.87 bits per heavy atom. The summed E-state index contributed by atoms with van der Waals surface area (Å²) in [5.41, 5.74) is 0.648. The fourth-order valence-electron chi connectivity index (χ4n) is 2.53. The molecule has 4 aromatic rings. The molecule has 116 valence electrons. The first-order valence-corrected chi connectivity index (χ1v) is 8.77. The third-order valence-corrected chi connectivity index (χ3v) is 5.24. The van der Waals surface area contributed by atoms with E-state index in [0.29, 0.717) is 17.1 Å². The smallest absolute Gasteiger partial charge is 0.268 e. The van der Waals surface area contributed by atoms with Gasteiger partial charge in [0.15, 0.2) is 0 Å². The van der Waals surface area contributed by atoms with Crippen LogP contribution >= 0.6 is 22.7 Å². The molecule has 0 saturated heterocycles. The minimum atomic E-state index is -0.0899. The number of rotatable bonds is 3. The summed E-state index contributed by atoms with van der Waals surface area (Å²) in [4.78, 5) is 31.4. The maximum absolute atomic E-state index is 12.1. The molecule has 0 atom stereocenters. The largest absolute Gasteiger partial charge is 0.352 e. The van der Waals surface area contributed by atoms with Crippen molar-refractivity contribution in [2.45, 2.75) is 13.5 Å². The van der Waals surface area contributed by atoms with Crippen molar-refractivity contribution >= 4 is 48.9 Å². The van der Waals surface area contributed by atoms with Gasteiger partial charge in [-0.05, 0) is 29.8 Å². The van der Waals surface area contributed by atoms with Crippen LogP contribution in [0.15, 0.2) is 27.7 Å². The van der Waals surface area contributed by atoms with Gasteiger partial charge < -0.3 is 9.88 Å². The van der Waals surface area contributed by atoms with Gasteiger partial charge in [-0.25, -0.2) is 15.0 Å². The lowest BCUT2D eigenvalue weighted by Crippen LogP contribution is -2.22. The van der Waals surface area contributed by atoms with E-state index in [0.717, 1.165) is 27.4 Å². The van der Waals surface area contributed by atoms with Gasteiger partial charge in [-0.2, -0.15) is 0 Å². The Morgan fingerprint density at radius 1 is 1.17 bits per heavy atom. The van der Waals surface area contributed by atoms with Gasteiger partial charge in [-0.15, -0.1) is 22.7 Å². The molecule has 4 aromatic heterocycles. The van der Waals surface area contributed by atoms with Crippen molar-refractivity contribution < 1.29 is 0 Å². The molecule has 0 spiro atoms.